The number of hydrogen-bond donors (Lipinski definition) is 2. The average molecular weight is 205 g/mol. The van der Waals surface area contributed by atoms with Crippen molar-refractivity contribution in [3.63, 3.8) is 0 Å². The van der Waals surface area contributed by atoms with Gasteiger partial charge in [0.25, 0.3) is 0 Å². The second kappa shape index (κ2) is 5.17. The van der Waals surface area contributed by atoms with Crippen LogP contribution >= 0.6 is 12.4 Å². The summed E-state index contributed by atoms with van der Waals surface area (Å²) in [5.74, 6) is -0.264. The van der Waals surface area contributed by atoms with E-state index in [1.54, 1.807) is 6.07 Å². The van der Waals surface area contributed by atoms with Gasteiger partial charge in [-0.2, -0.15) is 0 Å². The Morgan fingerprint density at radius 3 is 2.62 bits per heavy atom. The molecule has 4 N–H and O–H groups in total. The van der Waals surface area contributed by atoms with Crippen molar-refractivity contribution in [2.24, 2.45) is 11.5 Å². The smallest absolute Gasteiger partial charge is 0.123 e. The Kier molecular flexibility index (Phi) is 4.91. The van der Waals surface area contributed by atoms with E-state index in [1.165, 1.54) is 12.1 Å². The van der Waals surface area contributed by atoms with Crippen LogP contribution in [-0.4, -0.2) is 6.54 Å². The summed E-state index contributed by atoms with van der Waals surface area (Å²) in [5, 5.41) is 0. The lowest BCUT2D eigenvalue weighted by molar-refractivity contribution is 0.618. The van der Waals surface area contributed by atoms with Gasteiger partial charge in [-0.1, -0.05) is 6.07 Å². The quantitative estimate of drug-likeness (QED) is 0.768. The molecule has 0 aromatic heterocycles. The van der Waals surface area contributed by atoms with Crippen LogP contribution in [0.15, 0.2) is 18.2 Å². The second-order valence-electron chi connectivity index (χ2n) is 2.84. The average Bonchev–Trinajstić information content (AvgIpc) is 2.08. The summed E-state index contributed by atoms with van der Waals surface area (Å²) in [5.41, 5.74) is 12.8. The van der Waals surface area contributed by atoms with Crippen LogP contribution in [0.3, 0.4) is 0 Å². The van der Waals surface area contributed by atoms with E-state index in [0.29, 0.717) is 6.54 Å². The highest BCUT2D eigenvalue weighted by Crippen LogP contribution is 2.15. The summed E-state index contributed by atoms with van der Waals surface area (Å²) in [6, 6.07) is 4.30. The van der Waals surface area contributed by atoms with Crippen LogP contribution in [0, 0.1) is 12.7 Å². The van der Waals surface area contributed by atoms with E-state index in [9.17, 15) is 4.39 Å². The Morgan fingerprint density at radius 2 is 2.08 bits per heavy atom. The number of halogens is 2. The van der Waals surface area contributed by atoms with Gasteiger partial charge >= 0.3 is 0 Å². The fourth-order valence-electron chi connectivity index (χ4n) is 1.14. The van der Waals surface area contributed by atoms with Gasteiger partial charge < -0.3 is 11.5 Å². The zero-order valence-corrected chi connectivity index (χ0v) is 8.27. The molecule has 0 heterocycles. The molecule has 0 fully saturated rings. The Bertz CT molecular complexity index is 278. The van der Waals surface area contributed by atoms with Gasteiger partial charge in [-0.3, -0.25) is 0 Å². The van der Waals surface area contributed by atoms with Crippen LogP contribution in [0.2, 0.25) is 0 Å². The van der Waals surface area contributed by atoms with E-state index in [4.69, 9.17) is 11.5 Å². The number of hydrogen-bond acceptors (Lipinski definition) is 2. The molecular weight excluding hydrogens is 191 g/mol. The first-order valence-electron chi connectivity index (χ1n) is 3.87. The van der Waals surface area contributed by atoms with Crippen molar-refractivity contribution in [3.05, 3.63) is 35.1 Å². The molecule has 74 valence electrons. The third-order valence-electron chi connectivity index (χ3n) is 1.89. The molecule has 0 aliphatic heterocycles. The maximum atomic E-state index is 12.7. The molecule has 2 nitrogen and oxygen atoms in total. The van der Waals surface area contributed by atoms with Gasteiger partial charge in [0.05, 0.1) is 0 Å². The van der Waals surface area contributed by atoms with Crippen LogP contribution in [-0.2, 0) is 0 Å². The minimum atomic E-state index is -0.264. The summed E-state index contributed by atoms with van der Waals surface area (Å²) < 4.78 is 12.7. The molecule has 0 aliphatic rings. The summed E-state index contributed by atoms with van der Waals surface area (Å²) >= 11 is 0. The number of benzene rings is 1. The minimum Gasteiger partial charge on any atom is -0.329 e. The largest absolute Gasteiger partial charge is 0.329 e. The van der Waals surface area contributed by atoms with Gasteiger partial charge in [0, 0.05) is 12.6 Å². The Morgan fingerprint density at radius 1 is 1.46 bits per heavy atom. The molecular formula is C9H14ClFN2. The lowest BCUT2D eigenvalue weighted by Gasteiger charge is -2.11. The summed E-state index contributed by atoms with van der Waals surface area (Å²) in [6.07, 6.45) is 0. The summed E-state index contributed by atoms with van der Waals surface area (Å²) in [7, 11) is 0. The molecule has 4 heteroatoms. The molecule has 0 aliphatic carbocycles. The first-order chi connectivity index (χ1) is 5.65. The maximum absolute atomic E-state index is 12.7. The third kappa shape index (κ3) is 2.95. The standard InChI is InChI=1S/C9H13FN2.ClH/c1-6-2-3-7(10)4-8(6)9(12)5-11;/h2-4,9H,5,11-12H2,1H3;1H/t9-;/m0./s1. The normalized spacial score (nSPS) is 12.0. The van der Waals surface area contributed by atoms with Gasteiger partial charge in [-0.15, -0.1) is 12.4 Å². The predicted octanol–water partition coefficient (Wildman–Crippen LogP) is 1.51. The lowest BCUT2D eigenvalue weighted by atomic mass is 10.0. The van der Waals surface area contributed by atoms with Crippen molar-refractivity contribution >= 4 is 12.4 Å². The molecule has 0 bridgehead atoms. The van der Waals surface area contributed by atoms with Gasteiger partial charge in [0.2, 0.25) is 0 Å². The van der Waals surface area contributed by atoms with Gasteiger partial charge in [-0.25, -0.2) is 4.39 Å². The van der Waals surface area contributed by atoms with Crippen LogP contribution < -0.4 is 11.5 Å². The molecule has 1 aromatic rings. The predicted molar refractivity (Wildman–Crippen MR) is 54.4 cm³/mol. The molecule has 0 spiro atoms. The van der Waals surface area contributed by atoms with Crippen molar-refractivity contribution in [2.45, 2.75) is 13.0 Å². The Hall–Kier alpha value is -0.640. The third-order valence-corrected chi connectivity index (χ3v) is 1.89. The maximum Gasteiger partial charge on any atom is 0.123 e. The van der Waals surface area contributed by atoms with E-state index >= 15 is 0 Å². The highest BCUT2D eigenvalue weighted by atomic mass is 35.5. The lowest BCUT2D eigenvalue weighted by Crippen LogP contribution is -2.21. The van der Waals surface area contributed by atoms with Gasteiger partial charge in [0.1, 0.15) is 5.82 Å². The molecule has 0 amide bonds. The fourth-order valence-corrected chi connectivity index (χ4v) is 1.14. The summed E-state index contributed by atoms with van der Waals surface area (Å²) in [4.78, 5) is 0. The van der Waals surface area contributed by atoms with E-state index < -0.39 is 0 Å². The Labute approximate surface area is 83.5 Å². The molecule has 0 radical (unpaired) electrons. The summed E-state index contributed by atoms with van der Waals surface area (Å²) in [6.45, 7) is 2.23. The van der Waals surface area contributed by atoms with Crippen LogP contribution in [0.1, 0.15) is 17.2 Å². The molecule has 0 saturated heterocycles. The van der Waals surface area contributed by atoms with Crippen molar-refractivity contribution < 1.29 is 4.39 Å². The van der Waals surface area contributed by atoms with E-state index in [0.717, 1.165) is 11.1 Å². The second-order valence-corrected chi connectivity index (χ2v) is 2.84. The number of aryl methyl sites for hydroxylation is 1. The number of nitrogens with two attached hydrogens (primary N) is 2. The highest BCUT2D eigenvalue weighted by molar-refractivity contribution is 5.85. The van der Waals surface area contributed by atoms with Gasteiger partial charge in [0.15, 0.2) is 0 Å². The van der Waals surface area contributed by atoms with Crippen molar-refractivity contribution in [1.29, 1.82) is 0 Å². The van der Waals surface area contributed by atoms with Crippen molar-refractivity contribution in [1.82, 2.24) is 0 Å². The molecule has 1 aromatic carbocycles. The van der Waals surface area contributed by atoms with Gasteiger partial charge in [-0.05, 0) is 30.2 Å². The topological polar surface area (TPSA) is 52.0 Å². The Balaban J connectivity index is 0.00000144. The monoisotopic (exact) mass is 204 g/mol. The van der Waals surface area contributed by atoms with E-state index in [2.05, 4.69) is 0 Å². The molecule has 0 unspecified atom stereocenters. The SMILES string of the molecule is Cc1ccc(F)cc1[C@@H](N)CN.Cl. The zero-order valence-electron chi connectivity index (χ0n) is 7.46. The first-order valence-corrected chi connectivity index (χ1v) is 3.87. The van der Waals surface area contributed by atoms with Crippen molar-refractivity contribution in [2.75, 3.05) is 6.54 Å². The van der Waals surface area contributed by atoms with E-state index in [1.807, 2.05) is 6.92 Å². The number of rotatable bonds is 2. The molecule has 0 saturated carbocycles. The minimum absolute atomic E-state index is 0. The fraction of sp³-hybridized carbons (Fsp3) is 0.333. The van der Waals surface area contributed by atoms with Crippen LogP contribution in [0.25, 0.3) is 0 Å². The van der Waals surface area contributed by atoms with Crippen LogP contribution in [0.4, 0.5) is 4.39 Å². The zero-order chi connectivity index (χ0) is 9.14. The molecule has 1 atom stereocenters. The molecule has 1 rings (SSSR count). The van der Waals surface area contributed by atoms with E-state index in [-0.39, 0.29) is 24.3 Å². The first kappa shape index (κ1) is 12.4. The molecule has 13 heavy (non-hydrogen) atoms. The van der Waals surface area contributed by atoms with Crippen LogP contribution in [0.5, 0.6) is 0 Å². The van der Waals surface area contributed by atoms with Crippen molar-refractivity contribution in [3.8, 4) is 0 Å². The highest BCUT2D eigenvalue weighted by Gasteiger charge is 2.07.